The minimum absolute atomic E-state index is 0.237. The van der Waals surface area contributed by atoms with Crippen molar-refractivity contribution in [1.82, 2.24) is 9.55 Å². The Morgan fingerprint density at radius 3 is 2.33 bits per heavy atom. The molecule has 96 valence electrons. The van der Waals surface area contributed by atoms with Crippen molar-refractivity contribution >= 4 is 0 Å². The minimum Gasteiger partial charge on any atom is -0.328 e. The molecule has 18 heavy (non-hydrogen) atoms. The standard InChI is InChI=1S/C14H18FN3/c1-9(2)18-10(3)14(17-13(18)8-16)11-4-6-12(15)7-5-11/h4-7,9H,8,16H2,1-3H3. The summed E-state index contributed by atoms with van der Waals surface area (Å²) in [5.74, 6) is 0.626. The molecule has 0 unspecified atom stereocenters. The Morgan fingerprint density at radius 1 is 1.28 bits per heavy atom. The fraction of sp³-hybridized carbons (Fsp3) is 0.357. The number of halogens is 1. The summed E-state index contributed by atoms with van der Waals surface area (Å²) < 4.78 is 15.1. The summed E-state index contributed by atoms with van der Waals surface area (Å²) in [6, 6.07) is 6.70. The quantitative estimate of drug-likeness (QED) is 0.906. The molecule has 0 saturated heterocycles. The van der Waals surface area contributed by atoms with E-state index in [2.05, 4.69) is 23.4 Å². The van der Waals surface area contributed by atoms with E-state index in [4.69, 9.17) is 5.73 Å². The molecule has 0 amide bonds. The second-order valence-corrected chi connectivity index (χ2v) is 4.64. The summed E-state index contributed by atoms with van der Waals surface area (Å²) in [6.45, 7) is 6.62. The Morgan fingerprint density at radius 2 is 1.89 bits per heavy atom. The molecule has 0 spiro atoms. The van der Waals surface area contributed by atoms with Crippen molar-refractivity contribution in [2.45, 2.75) is 33.4 Å². The topological polar surface area (TPSA) is 43.8 Å². The first-order valence-electron chi connectivity index (χ1n) is 6.08. The lowest BCUT2D eigenvalue weighted by Crippen LogP contribution is -2.11. The summed E-state index contributed by atoms with van der Waals surface area (Å²) >= 11 is 0. The maximum absolute atomic E-state index is 12.9. The lowest BCUT2D eigenvalue weighted by molar-refractivity contribution is 0.556. The SMILES string of the molecule is Cc1c(-c2ccc(F)cc2)nc(CN)n1C(C)C. The zero-order valence-electron chi connectivity index (χ0n) is 10.9. The Balaban J connectivity index is 2.55. The number of rotatable bonds is 3. The summed E-state index contributed by atoms with van der Waals surface area (Å²) in [4.78, 5) is 4.56. The van der Waals surface area contributed by atoms with E-state index in [9.17, 15) is 4.39 Å². The molecule has 2 aromatic rings. The Kier molecular flexibility index (Phi) is 3.48. The molecule has 0 bridgehead atoms. The molecule has 0 aliphatic rings. The van der Waals surface area contributed by atoms with Gasteiger partial charge in [-0.05, 0) is 45.0 Å². The van der Waals surface area contributed by atoms with Crippen LogP contribution in [0.5, 0.6) is 0 Å². The van der Waals surface area contributed by atoms with Gasteiger partial charge in [0.25, 0.3) is 0 Å². The predicted octanol–water partition coefficient (Wildman–Crippen LogP) is 3.04. The molecule has 0 aliphatic carbocycles. The van der Waals surface area contributed by atoms with Gasteiger partial charge in [0.2, 0.25) is 0 Å². The van der Waals surface area contributed by atoms with Crippen LogP contribution in [-0.4, -0.2) is 9.55 Å². The molecule has 2 rings (SSSR count). The summed E-state index contributed by atoms with van der Waals surface area (Å²) in [5, 5.41) is 0. The first-order valence-corrected chi connectivity index (χ1v) is 6.08. The van der Waals surface area contributed by atoms with Crippen molar-refractivity contribution in [3.63, 3.8) is 0 Å². The molecule has 1 aromatic heterocycles. The number of hydrogen-bond donors (Lipinski definition) is 1. The summed E-state index contributed by atoms with van der Waals surface area (Å²) in [6.07, 6.45) is 0. The number of nitrogens with zero attached hydrogens (tertiary/aromatic N) is 2. The smallest absolute Gasteiger partial charge is 0.123 e. The van der Waals surface area contributed by atoms with Crippen LogP contribution in [-0.2, 0) is 6.54 Å². The van der Waals surface area contributed by atoms with Gasteiger partial charge in [-0.25, -0.2) is 9.37 Å². The van der Waals surface area contributed by atoms with Crippen LogP contribution in [0, 0.1) is 12.7 Å². The molecule has 0 atom stereocenters. The van der Waals surface area contributed by atoms with Crippen molar-refractivity contribution in [3.05, 3.63) is 41.6 Å². The van der Waals surface area contributed by atoms with Gasteiger partial charge in [0.1, 0.15) is 11.6 Å². The van der Waals surface area contributed by atoms with Crippen molar-refractivity contribution in [3.8, 4) is 11.3 Å². The van der Waals surface area contributed by atoms with E-state index >= 15 is 0 Å². The molecule has 0 aliphatic heterocycles. The zero-order valence-corrected chi connectivity index (χ0v) is 10.9. The maximum Gasteiger partial charge on any atom is 0.123 e. The van der Waals surface area contributed by atoms with Crippen LogP contribution in [0.3, 0.4) is 0 Å². The number of aromatic nitrogens is 2. The van der Waals surface area contributed by atoms with Gasteiger partial charge in [-0.3, -0.25) is 0 Å². The van der Waals surface area contributed by atoms with E-state index in [1.807, 2.05) is 6.92 Å². The Labute approximate surface area is 106 Å². The molecular formula is C14H18FN3. The molecule has 1 aromatic carbocycles. The summed E-state index contributed by atoms with van der Waals surface area (Å²) in [5.41, 5.74) is 8.59. The first-order chi connectivity index (χ1) is 8.54. The van der Waals surface area contributed by atoms with E-state index < -0.39 is 0 Å². The third kappa shape index (κ3) is 2.16. The highest BCUT2D eigenvalue weighted by molar-refractivity contribution is 5.62. The monoisotopic (exact) mass is 247 g/mol. The van der Waals surface area contributed by atoms with Crippen LogP contribution < -0.4 is 5.73 Å². The van der Waals surface area contributed by atoms with Gasteiger partial charge in [-0.15, -0.1) is 0 Å². The fourth-order valence-corrected chi connectivity index (χ4v) is 2.28. The van der Waals surface area contributed by atoms with Crippen molar-refractivity contribution < 1.29 is 4.39 Å². The summed E-state index contributed by atoms with van der Waals surface area (Å²) in [7, 11) is 0. The van der Waals surface area contributed by atoms with Crippen LogP contribution in [0.4, 0.5) is 4.39 Å². The molecule has 0 fully saturated rings. The molecule has 0 saturated carbocycles. The number of benzene rings is 1. The molecule has 3 nitrogen and oxygen atoms in total. The predicted molar refractivity (Wildman–Crippen MR) is 70.6 cm³/mol. The normalized spacial score (nSPS) is 11.2. The molecule has 0 radical (unpaired) electrons. The lowest BCUT2D eigenvalue weighted by atomic mass is 10.1. The van der Waals surface area contributed by atoms with Crippen LogP contribution >= 0.6 is 0 Å². The van der Waals surface area contributed by atoms with Gasteiger partial charge < -0.3 is 10.3 Å². The molecular weight excluding hydrogens is 229 g/mol. The van der Waals surface area contributed by atoms with E-state index in [-0.39, 0.29) is 5.82 Å². The fourth-order valence-electron chi connectivity index (χ4n) is 2.28. The van der Waals surface area contributed by atoms with Crippen LogP contribution in [0.2, 0.25) is 0 Å². The average molecular weight is 247 g/mol. The third-order valence-electron chi connectivity index (χ3n) is 3.04. The van der Waals surface area contributed by atoms with Crippen molar-refractivity contribution in [1.29, 1.82) is 0 Å². The molecule has 4 heteroatoms. The molecule has 2 N–H and O–H groups in total. The van der Waals surface area contributed by atoms with E-state index in [1.54, 1.807) is 12.1 Å². The minimum atomic E-state index is -0.237. The Hall–Kier alpha value is -1.68. The average Bonchev–Trinajstić information content (AvgIpc) is 2.67. The first kappa shape index (κ1) is 12.8. The highest BCUT2D eigenvalue weighted by atomic mass is 19.1. The van der Waals surface area contributed by atoms with Crippen LogP contribution in [0.25, 0.3) is 11.3 Å². The third-order valence-corrected chi connectivity index (χ3v) is 3.04. The Bertz CT molecular complexity index is 541. The highest BCUT2D eigenvalue weighted by Gasteiger charge is 2.16. The van der Waals surface area contributed by atoms with Crippen LogP contribution in [0.1, 0.15) is 31.4 Å². The van der Waals surface area contributed by atoms with Gasteiger partial charge in [-0.2, -0.15) is 0 Å². The van der Waals surface area contributed by atoms with Gasteiger partial charge in [0, 0.05) is 17.3 Å². The van der Waals surface area contributed by atoms with E-state index in [1.165, 1.54) is 12.1 Å². The second-order valence-electron chi connectivity index (χ2n) is 4.64. The lowest BCUT2D eigenvalue weighted by Gasteiger charge is -2.13. The highest BCUT2D eigenvalue weighted by Crippen LogP contribution is 2.26. The van der Waals surface area contributed by atoms with Gasteiger partial charge >= 0.3 is 0 Å². The van der Waals surface area contributed by atoms with Crippen LogP contribution in [0.15, 0.2) is 24.3 Å². The van der Waals surface area contributed by atoms with Crippen molar-refractivity contribution in [2.75, 3.05) is 0 Å². The van der Waals surface area contributed by atoms with Crippen molar-refractivity contribution in [2.24, 2.45) is 5.73 Å². The number of imidazole rings is 1. The number of hydrogen-bond acceptors (Lipinski definition) is 2. The van der Waals surface area contributed by atoms with Gasteiger partial charge in [0.05, 0.1) is 12.2 Å². The molecule has 1 heterocycles. The van der Waals surface area contributed by atoms with E-state index in [0.29, 0.717) is 12.6 Å². The largest absolute Gasteiger partial charge is 0.328 e. The number of nitrogens with two attached hydrogens (primary N) is 1. The second kappa shape index (κ2) is 4.90. The maximum atomic E-state index is 12.9. The zero-order chi connectivity index (χ0) is 13.3. The van der Waals surface area contributed by atoms with Gasteiger partial charge in [-0.1, -0.05) is 0 Å². The van der Waals surface area contributed by atoms with Gasteiger partial charge in [0.15, 0.2) is 0 Å². The van der Waals surface area contributed by atoms with E-state index in [0.717, 1.165) is 22.8 Å².